The molecule has 0 saturated carbocycles. The highest BCUT2D eigenvalue weighted by molar-refractivity contribution is 5.81. The Morgan fingerprint density at radius 3 is 2.68 bits per heavy atom. The Morgan fingerprint density at radius 2 is 2.00 bits per heavy atom. The summed E-state index contributed by atoms with van der Waals surface area (Å²) in [7, 11) is 0. The molecule has 6 heteroatoms. The molecule has 0 aromatic heterocycles. The number of benzene rings is 1. The van der Waals surface area contributed by atoms with E-state index in [4.69, 9.17) is 9.47 Å². The minimum atomic E-state index is -0.290. The van der Waals surface area contributed by atoms with Crippen molar-refractivity contribution in [2.75, 3.05) is 26.3 Å². The highest BCUT2D eigenvalue weighted by Crippen LogP contribution is 2.17. The van der Waals surface area contributed by atoms with Gasteiger partial charge in [-0.25, -0.2) is 0 Å². The molecule has 0 aliphatic carbocycles. The van der Waals surface area contributed by atoms with E-state index in [1.54, 1.807) is 0 Å². The molecule has 2 aliphatic rings. The van der Waals surface area contributed by atoms with Crippen LogP contribution in [0, 0.1) is 6.92 Å². The van der Waals surface area contributed by atoms with Crippen molar-refractivity contribution in [2.24, 2.45) is 0 Å². The molecular weight excluding hydrogens is 320 g/mol. The first-order chi connectivity index (χ1) is 12.1. The number of para-hydroxylation sites is 1. The van der Waals surface area contributed by atoms with E-state index in [1.807, 2.05) is 36.1 Å². The number of nitrogens with one attached hydrogen (secondary N) is 1. The van der Waals surface area contributed by atoms with Crippen LogP contribution >= 0.6 is 0 Å². The predicted octanol–water partition coefficient (Wildman–Crippen LogP) is 1.66. The van der Waals surface area contributed by atoms with Crippen LogP contribution in [-0.2, 0) is 14.3 Å². The first-order valence-corrected chi connectivity index (χ1v) is 9.01. The number of nitrogens with zero attached hydrogens (tertiary/aromatic N) is 1. The maximum Gasteiger partial charge on any atom is 0.260 e. The lowest BCUT2D eigenvalue weighted by Gasteiger charge is -2.32. The molecule has 6 nitrogen and oxygen atoms in total. The molecule has 1 N–H and O–H groups in total. The van der Waals surface area contributed by atoms with E-state index in [0.29, 0.717) is 19.7 Å². The van der Waals surface area contributed by atoms with Crippen molar-refractivity contribution in [3.63, 3.8) is 0 Å². The van der Waals surface area contributed by atoms with Crippen LogP contribution in [0.15, 0.2) is 24.3 Å². The molecule has 0 bridgehead atoms. The van der Waals surface area contributed by atoms with Crippen LogP contribution in [-0.4, -0.2) is 55.2 Å². The second kappa shape index (κ2) is 8.34. The highest BCUT2D eigenvalue weighted by Gasteiger charge is 2.28. The van der Waals surface area contributed by atoms with Crippen LogP contribution in [0.5, 0.6) is 5.75 Å². The molecule has 0 radical (unpaired) electrons. The average Bonchev–Trinajstić information content (AvgIpc) is 3.16. The third kappa shape index (κ3) is 4.72. The molecule has 136 valence electrons. The smallest absolute Gasteiger partial charge is 0.260 e. The molecule has 2 saturated heterocycles. The average molecular weight is 346 g/mol. The lowest BCUT2D eigenvalue weighted by atomic mass is 10.0. The number of piperidine rings is 1. The molecule has 2 aliphatic heterocycles. The van der Waals surface area contributed by atoms with Gasteiger partial charge in [-0.15, -0.1) is 0 Å². The molecule has 2 heterocycles. The van der Waals surface area contributed by atoms with Crippen LogP contribution in [0.25, 0.3) is 0 Å². The maximum absolute atomic E-state index is 12.3. The third-order valence-electron chi connectivity index (χ3n) is 4.86. The number of ether oxygens (including phenoxy) is 2. The Balaban J connectivity index is 1.40. The maximum atomic E-state index is 12.3. The molecule has 1 aromatic rings. The first-order valence-electron chi connectivity index (χ1n) is 9.01. The van der Waals surface area contributed by atoms with Gasteiger partial charge in [-0.3, -0.25) is 9.59 Å². The summed E-state index contributed by atoms with van der Waals surface area (Å²) in [6.07, 6.45) is 3.01. The third-order valence-corrected chi connectivity index (χ3v) is 4.86. The summed E-state index contributed by atoms with van der Waals surface area (Å²) in [4.78, 5) is 26.2. The van der Waals surface area contributed by atoms with E-state index in [-0.39, 0.29) is 30.6 Å². The van der Waals surface area contributed by atoms with Crippen molar-refractivity contribution in [1.29, 1.82) is 0 Å². The Morgan fingerprint density at radius 1 is 1.24 bits per heavy atom. The topological polar surface area (TPSA) is 67.9 Å². The van der Waals surface area contributed by atoms with E-state index < -0.39 is 0 Å². The summed E-state index contributed by atoms with van der Waals surface area (Å²) < 4.78 is 11.0. The fourth-order valence-corrected chi connectivity index (χ4v) is 3.30. The Kier molecular flexibility index (Phi) is 5.91. The minimum absolute atomic E-state index is 0.00726. The molecule has 1 unspecified atom stereocenters. The summed E-state index contributed by atoms with van der Waals surface area (Å²) >= 11 is 0. The highest BCUT2D eigenvalue weighted by atomic mass is 16.5. The van der Waals surface area contributed by atoms with E-state index in [9.17, 15) is 9.59 Å². The Labute approximate surface area is 148 Å². The zero-order valence-corrected chi connectivity index (χ0v) is 14.7. The van der Waals surface area contributed by atoms with Gasteiger partial charge in [0.15, 0.2) is 6.61 Å². The van der Waals surface area contributed by atoms with Gasteiger partial charge in [0.25, 0.3) is 5.91 Å². The number of likely N-dealkylation sites (tertiary alicyclic amines) is 1. The van der Waals surface area contributed by atoms with Crippen LogP contribution in [0.1, 0.15) is 31.2 Å². The quantitative estimate of drug-likeness (QED) is 0.880. The van der Waals surface area contributed by atoms with Crippen molar-refractivity contribution in [3.05, 3.63) is 29.8 Å². The van der Waals surface area contributed by atoms with Crippen LogP contribution in [0.3, 0.4) is 0 Å². The van der Waals surface area contributed by atoms with Gasteiger partial charge in [0.1, 0.15) is 11.9 Å². The summed E-state index contributed by atoms with van der Waals surface area (Å²) in [5.74, 6) is 0.729. The largest absolute Gasteiger partial charge is 0.484 e. The molecule has 0 spiro atoms. The number of aryl methyl sites for hydroxylation is 1. The molecule has 25 heavy (non-hydrogen) atoms. The van der Waals surface area contributed by atoms with Crippen molar-refractivity contribution in [3.8, 4) is 5.75 Å². The van der Waals surface area contributed by atoms with Gasteiger partial charge in [0.2, 0.25) is 5.91 Å². The number of hydrogen-bond acceptors (Lipinski definition) is 4. The van der Waals surface area contributed by atoms with Crippen LogP contribution in [0.4, 0.5) is 0 Å². The van der Waals surface area contributed by atoms with Gasteiger partial charge in [0.05, 0.1) is 0 Å². The molecule has 2 fully saturated rings. The van der Waals surface area contributed by atoms with E-state index in [1.165, 1.54) is 0 Å². The summed E-state index contributed by atoms with van der Waals surface area (Å²) in [5, 5.41) is 3.05. The fourth-order valence-electron chi connectivity index (χ4n) is 3.30. The fraction of sp³-hybridized carbons (Fsp3) is 0.579. The van der Waals surface area contributed by atoms with E-state index in [0.717, 1.165) is 37.0 Å². The van der Waals surface area contributed by atoms with Crippen LogP contribution in [0.2, 0.25) is 0 Å². The molecule has 1 aromatic carbocycles. The monoisotopic (exact) mass is 346 g/mol. The lowest BCUT2D eigenvalue weighted by molar-refractivity contribution is -0.135. The van der Waals surface area contributed by atoms with Gasteiger partial charge < -0.3 is 19.7 Å². The van der Waals surface area contributed by atoms with Gasteiger partial charge in [-0.1, -0.05) is 18.2 Å². The molecule has 2 amide bonds. The van der Waals surface area contributed by atoms with Crippen molar-refractivity contribution in [2.45, 2.75) is 44.8 Å². The predicted molar refractivity (Wildman–Crippen MR) is 93.4 cm³/mol. The lowest BCUT2D eigenvalue weighted by Crippen LogP contribution is -2.49. The summed E-state index contributed by atoms with van der Waals surface area (Å²) in [5.41, 5.74) is 1.02. The number of carbonyl (C=O) groups is 2. The zero-order chi connectivity index (χ0) is 17.6. The van der Waals surface area contributed by atoms with Crippen LogP contribution < -0.4 is 10.1 Å². The first kappa shape index (κ1) is 17.7. The van der Waals surface area contributed by atoms with Gasteiger partial charge in [-0.2, -0.15) is 0 Å². The van der Waals surface area contributed by atoms with Crippen molar-refractivity contribution >= 4 is 11.8 Å². The van der Waals surface area contributed by atoms with E-state index in [2.05, 4.69) is 5.32 Å². The van der Waals surface area contributed by atoms with Crippen molar-refractivity contribution < 1.29 is 19.1 Å². The normalized spacial score (nSPS) is 21.2. The molecular formula is C19H26N2O4. The van der Waals surface area contributed by atoms with E-state index >= 15 is 0 Å². The zero-order valence-electron chi connectivity index (χ0n) is 14.7. The minimum Gasteiger partial charge on any atom is -0.484 e. The number of amides is 2. The SMILES string of the molecule is Cc1ccccc1OCC(=O)N1CCC(NC(=O)C2CCCO2)CC1. The number of rotatable bonds is 5. The Bertz CT molecular complexity index is 605. The van der Waals surface area contributed by atoms with Gasteiger partial charge >= 0.3 is 0 Å². The Hall–Kier alpha value is -2.08. The number of hydrogen-bond donors (Lipinski definition) is 1. The second-order valence-corrected chi connectivity index (χ2v) is 6.72. The molecule has 1 atom stereocenters. The van der Waals surface area contributed by atoms with Gasteiger partial charge in [-0.05, 0) is 44.2 Å². The number of carbonyl (C=O) groups excluding carboxylic acids is 2. The summed E-state index contributed by atoms with van der Waals surface area (Å²) in [6.45, 7) is 3.98. The summed E-state index contributed by atoms with van der Waals surface area (Å²) in [6, 6.07) is 7.80. The molecule has 3 rings (SSSR count). The van der Waals surface area contributed by atoms with Gasteiger partial charge in [0, 0.05) is 25.7 Å². The second-order valence-electron chi connectivity index (χ2n) is 6.72. The standard InChI is InChI=1S/C19H26N2O4/c1-14-5-2-3-6-16(14)25-13-18(22)21-10-8-15(9-11-21)20-19(23)17-7-4-12-24-17/h2-3,5-6,15,17H,4,7-13H2,1H3,(H,20,23). The van der Waals surface area contributed by atoms with Crippen molar-refractivity contribution in [1.82, 2.24) is 10.2 Å².